The van der Waals surface area contributed by atoms with Crippen molar-refractivity contribution in [2.75, 3.05) is 7.11 Å². The molecule has 1 heterocycles. The van der Waals surface area contributed by atoms with Crippen LogP contribution in [0.1, 0.15) is 5.56 Å². The molecule has 100 valence electrons. The Morgan fingerprint density at radius 1 is 1.42 bits per heavy atom. The quantitative estimate of drug-likeness (QED) is 0.890. The molecule has 0 amide bonds. The average Bonchev–Trinajstić information content (AvgIpc) is 2.44. The number of halogens is 1. The summed E-state index contributed by atoms with van der Waals surface area (Å²) in [6.07, 6.45) is 1.21. The lowest BCUT2D eigenvalue weighted by atomic mass is 10.2. The van der Waals surface area contributed by atoms with E-state index < -0.39 is 5.56 Å². The van der Waals surface area contributed by atoms with Crippen LogP contribution in [0.15, 0.2) is 29.3 Å². The van der Waals surface area contributed by atoms with Gasteiger partial charge in [-0.1, -0.05) is 17.7 Å². The van der Waals surface area contributed by atoms with Crippen LogP contribution in [-0.2, 0) is 6.54 Å². The summed E-state index contributed by atoms with van der Waals surface area (Å²) in [5, 5.41) is -0.118. The first-order valence-corrected chi connectivity index (χ1v) is 5.81. The minimum Gasteiger partial charge on any atom is -0.493 e. The van der Waals surface area contributed by atoms with E-state index in [4.69, 9.17) is 26.8 Å². The highest BCUT2D eigenvalue weighted by Crippen LogP contribution is 2.32. The highest BCUT2D eigenvalue weighted by Gasteiger charge is 2.12. The molecule has 0 aliphatic rings. The molecule has 2 rings (SSSR count). The number of aromatic nitrogens is 2. The van der Waals surface area contributed by atoms with Gasteiger partial charge in [0.25, 0.3) is 5.56 Å². The van der Waals surface area contributed by atoms with Crippen molar-refractivity contribution >= 4 is 11.6 Å². The molecule has 2 aromatic rings. The van der Waals surface area contributed by atoms with Gasteiger partial charge in [-0.3, -0.25) is 4.79 Å². The van der Waals surface area contributed by atoms with Crippen molar-refractivity contribution < 1.29 is 9.47 Å². The number of hydrogen-bond donors (Lipinski definition) is 2. The van der Waals surface area contributed by atoms with Gasteiger partial charge in [0, 0.05) is 6.54 Å². The summed E-state index contributed by atoms with van der Waals surface area (Å²) in [7, 11) is 1.51. The summed E-state index contributed by atoms with van der Waals surface area (Å²) >= 11 is 5.81. The molecule has 0 fully saturated rings. The first-order valence-electron chi connectivity index (χ1n) is 5.43. The van der Waals surface area contributed by atoms with Gasteiger partial charge in [-0.15, -0.1) is 0 Å². The van der Waals surface area contributed by atoms with E-state index in [1.807, 2.05) is 0 Å². The number of nitrogens with one attached hydrogen (secondary N) is 1. The van der Waals surface area contributed by atoms with Crippen LogP contribution < -0.4 is 20.8 Å². The van der Waals surface area contributed by atoms with E-state index in [1.54, 1.807) is 18.2 Å². The normalized spacial score (nSPS) is 10.3. The van der Waals surface area contributed by atoms with Gasteiger partial charge in [0.05, 0.1) is 13.4 Å². The van der Waals surface area contributed by atoms with Crippen LogP contribution in [0.5, 0.6) is 17.4 Å². The molecule has 0 radical (unpaired) electrons. The lowest BCUT2D eigenvalue weighted by molar-refractivity contribution is 0.373. The Balaban J connectivity index is 2.38. The van der Waals surface area contributed by atoms with E-state index in [-0.39, 0.29) is 10.9 Å². The number of H-pyrrole nitrogens is 1. The molecule has 0 aliphatic heterocycles. The Morgan fingerprint density at radius 2 is 2.21 bits per heavy atom. The van der Waals surface area contributed by atoms with Gasteiger partial charge in [-0.2, -0.15) is 0 Å². The summed E-state index contributed by atoms with van der Waals surface area (Å²) in [5.41, 5.74) is 5.97. The predicted molar refractivity (Wildman–Crippen MR) is 70.8 cm³/mol. The zero-order chi connectivity index (χ0) is 13.8. The standard InChI is InChI=1S/C12H12ClN3O3/c1-18-9-4-7(5-14)2-3-8(9)19-12-10(13)11(17)15-6-16-12/h2-4,6H,5,14H2,1H3,(H,15,16,17). The maximum Gasteiger partial charge on any atom is 0.273 e. The van der Waals surface area contributed by atoms with Crippen molar-refractivity contribution in [3.8, 4) is 17.4 Å². The number of aromatic amines is 1. The molecule has 1 aromatic carbocycles. The maximum atomic E-state index is 11.3. The number of nitrogens with two attached hydrogens (primary N) is 1. The summed E-state index contributed by atoms with van der Waals surface area (Å²) in [6.45, 7) is 0.390. The average molecular weight is 282 g/mol. The molecule has 7 heteroatoms. The lowest BCUT2D eigenvalue weighted by Crippen LogP contribution is -2.08. The fourth-order valence-corrected chi connectivity index (χ4v) is 1.61. The highest BCUT2D eigenvalue weighted by atomic mass is 35.5. The number of nitrogens with zero attached hydrogens (tertiary/aromatic N) is 1. The Hall–Kier alpha value is -2.05. The van der Waals surface area contributed by atoms with Crippen molar-refractivity contribution in [1.82, 2.24) is 9.97 Å². The Bertz CT molecular complexity index is 642. The Morgan fingerprint density at radius 3 is 2.89 bits per heavy atom. The minimum absolute atomic E-state index is 0.0178. The fraction of sp³-hybridized carbons (Fsp3) is 0.167. The molecule has 3 N–H and O–H groups in total. The zero-order valence-electron chi connectivity index (χ0n) is 10.1. The molecule has 0 saturated carbocycles. The van der Waals surface area contributed by atoms with Crippen molar-refractivity contribution in [3.63, 3.8) is 0 Å². The van der Waals surface area contributed by atoms with Gasteiger partial charge >= 0.3 is 0 Å². The first-order chi connectivity index (χ1) is 9.15. The van der Waals surface area contributed by atoms with Crippen molar-refractivity contribution in [3.05, 3.63) is 45.5 Å². The van der Waals surface area contributed by atoms with Crippen LogP contribution in [0, 0.1) is 0 Å². The van der Waals surface area contributed by atoms with E-state index >= 15 is 0 Å². The molecule has 0 bridgehead atoms. The Labute approximate surface area is 114 Å². The molecule has 0 saturated heterocycles. The van der Waals surface area contributed by atoms with E-state index in [0.717, 1.165) is 5.56 Å². The van der Waals surface area contributed by atoms with Crippen LogP contribution in [0.4, 0.5) is 0 Å². The van der Waals surface area contributed by atoms with E-state index in [1.165, 1.54) is 13.4 Å². The summed E-state index contributed by atoms with van der Waals surface area (Å²) in [4.78, 5) is 17.5. The van der Waals surface area contributed by atoms with Gasteiger partial charge < -0.3 is 20.2 Å². The molecule has 6 nitrogen and oxygen atoms in total. The molecule has 0 spiro atoms. The third-order valence-corrected chi connectivity index (χ3v) is 2.77. The number of rotatable bonds is 4. The minimum atomic E-state index is -0.468. The monoisotopic (exact) mass is 281 g/mol. The van der Waals surface area contributed by atoms with Crippen LogP contribution in [0.2, 0.25) is 5.02 Å². The van der Waals surface area contributed by atoms with Gasteiger partial charge in [0.15, 0.2) is 16.5 Å². The van der Waals surface area contributed by atoms with Crippen LogP contribution in [0.25, 0.3) is 0 Å². The third-order valence-electron chi connectivity index (χ3n) is 2.43. The fourth-order valence-electron chi connectivity index (χ4n) is 1.47. The van der Waals surface area contributed by atoms with E-state index in [9.17, 15) is 4.79 Å². The predicted octanol–water partition coefficient (Wildman–Crippen LogP) is 1.68. The number of hydrogen-bond acceptors (Lipinski definition) is 5. The second-order valence-electron chi connectivity index (χ2n) is 3.64. The van der Waals surface area contributed by atoms with Crippen molar-refractivity contribution in [2.24, 2.45) is 5.73 Å². The largest absolute Gasteiger partial charge is 0.493 e. The summed E-state index contributed by atoms with van der Waals surface area (Å²) in [5.74, 6) is 0.907. The van der Waals surface area contributed by atoms with Gasteiger partial charge in [-0.25, -0.2) is 4.98 Å². The summed E-state index contributed by atoms with van der Waals surface area (Å²) in [6, 6.07) is 5.22. The highest BCUT2D eigenvalue weighted by molar-refractivity contribution is 6.31. The number of methoxy groups -OCH3 is 1. The van der Waals surface area contributed by atoms with Crippen LogP contribution in [0.3, 0.4) is 0 Å². The van der Waals surface area contributed by atoms with E-state index in [2.05, 4.69) is 9.97 Å². The van der Waals surface area contributed by atoms with Crippen molar-refractivity contribution in [1.29, 1.82) is 0 Å². The van der Waals surface area contributed by atoms with E-state index in [0.29, 0.717) is 18.0 Å². The molecule has 1 aromatic heterocycles. The number of ether oxygens (including phenoxy) is 2. The van der Waals surface area contributed by atoms with Crippen LogP contribution in [-0.4, -0.2) is 17.1 Å². The second-order valence-corrected chi connectivity index (χ2v) is 4.02. The SMILES string of the molecule is COc1cc(CN)ccc1Oc1nc[nH]c(=O)c1Cl. The molecular weight excluding hydrogens is 270 g/mol. The topological polar surface area (TPSA) is 90.2 Å². The van der Waals surface area contributed by atoms with Gasteiger partial charge in [-0.05, 0) is 17.7 Å². The molecular formula is C12H12ClN3O3. The summed E-state index contributed by atoms with van der Waals surface area (Å²) < 4.78 is 10.7. The third kappa shape index (κ3) is 2.86. The maximum absolute atomic E-state index is 11.3. The smallest absolute Gasteiger partial charge is 0.273 e. The zero-order valence-corrected chi connectivity index (χ0v) is 10.9. The molecule has 0 atom stereocenters. The van der Waals surface area contributed by atoms with Gasteiger partial charge in [0.1, 0.15) is 0 Å². The second kappa shape index (κ2) is 5.73. The van der Waals surface area contributed by atoms with Crippen molar-refractivity contribution in [2.45, 2.75) is 6.54 Å². The Kier molecular flexibility index (Phi) is 4.03. The van der Waals surface area contributed by atoms with Crippen LogP contribution >= 0.6 is 11.6 Å². The lowest BCUT2D eigenvalue weighted by Gasteiger charge is -2.11. The molecule has 19 heavy (non-hydrogen) atoms. The first kappa shape index (κ1) is 13.4. The van der Waals surface area contributed by atoms with Gasteiger partial charge in [0.2, 0.25) is 5.88 Å². The number of benzene rings is 1. The molecule has 0 aliphatic carbocycles. The molecule has 0 unspecified atom stereocenters.